The molecule has 3 N–H and O–H groups in total. The van der Waals surface area contributed by atoms with Crippen molar-refractivity contribution in [3.63, 3.8) is 0 Å². The van der Waals surface area contributed by atoms with Crippen molar-refractivity contribution in [3.8, 4) is 0 Å². The molecule has 0 aliphatic heterocycles. The van der Waals surface area contributed by atoms with Crippen LogP contribution in [-0.4, -0.2) is 38.9 Å². The average molecular weight is 475 g/mol. The topological polar surface area (TPSA) is 77.8 Å². The molecule has 5 rings (SSSR count). The summed E-state index contributed by atoms with van der Waals surface area (Å²) in [5, 5.41) is 35.6. The van der Waals surface area contributed by atoms with E-state index in [1.165, 1.54) is 0 Å². The van der Waals surface area contributed by atoms with E-state index in [2.05, 4.69) is 55.4 Å². The van der Waals surface area contributed by atoms with Gasteiger partial charge < -0.3 is 15.3 Å². The van der Waals surface area contributed by atoms with Crippen molar-refractivity contribution in [1.82, 2.24) is 0 Å². The van der Waals surface area contributed by atoms with E-state index in [0.29, 0.717) is 6.42 Å². The van der Waals surface area contributed by atoms with Gasteiger partial charge in [-0.1, -0.05) is 55.4 Å². The largest absolute Gasteiger partial charge is 0.393 e. The first-order valence-corrected chi connectivity index (χ1v) is 14.0. The minimum absolute atomic E-state index is 0.0552. The molecule has 5 aliphatic carbocycles. The molecule has 0 aromatic heterocycles. The number of Topliss-reactive ketones (excluding diaryl/α,β-unsaturated/α-hetero) is 1. The van der Waals surface area contributed by atoms with Gasteiger partial charge in [0.05, 0.1) is 6.10 Å². The van der Waals surface area contributed by atoms with Gasteiger partial charge in [0.2, 0.25) is 0 Å². The van der Waals surface area contributed by atoms with Crippen molar-refractivity contribution < 1.29 is 20.1 Å². The van der Waals surface area contributed by atoms with Crippen LogP contribution in [0.4, 0.5) is 0 Å². The lowest BCUT2D eigenvalue weighted by Gasteiger charge is -2.75. The molecule has 10 atom stereocenters. The smallest absolute Gasteiger partial charge is 0.193 e. The molecule has 5 aliphatic rings. The predicted molar refractivity (Wildman–Crippen MR) is 134 cm³/mol. The zero-order valence-electron chi connectivity index (χ0n) is 23.0. The molecule has 4 nitrogen and oxygen atoms in total. The Labute approximate surface area is 207 Å². The predicted octanol–water partition coefficient (Wildman–Crippen LogP) is 5.51. The van der Waals surface area contributed by atoms with Gasteiger partial charge in [0, 0.05) is 17.3 Å². The van der Waals surface area contributed by atoms with Crippen molar-refractivity contribution >= 4 is 5.78 Å². The van der Waals surface area contributed by atoms with Gasteiger partial charge >= 0.3 is 0 Å². The lowest BCUT2D eigenvalue weighted by Crippen LogP contribution is -2.80. The molecule has 5 fully saturated rings. The van der Waals surface area contributed by atoms with Gasteiger partial charge in [-0.3, -0.25) is 4.79 Å². The summed E-state index contributed by atoms with van der Waals surface area (Å²) in [4.78, 5) is 14.4. The van der Waals surface area contributed by atoms with Crippen molar-refractivity contribution in [2.75, 3.05) is 0 Å². The van der Waals surface area contributed by atoms with E-state index >= 15 is 0 Å². The molecule has 34 heavy (non-hydrogen) atoms. The molecule has 0 spiro atoms. The van der Waals surface area contributed by atoms with Crippen molar-refractivity contribution in [2.45, 2.75) is 131 Å². The van der Waals surface area contributed by atoms with Crippen LogP contribution in [0.2, 0.25) is 0 Å². The molecule has 0 heterocycles. The van der Waals surface area contributed by atoms with Crippen LogP contribution in [0.5, 0.6) is 0 Å². The summed E-state index contributed by atoms with van der Waals surface area (Å²) in [6, 6.07) is 0. The molecule has 0 aromatic rings. The molecular weight excluding hydrogens is 424 g/mol. The van der Waals surface area contributed by atoms with Crippen LogP contribution in [0.15, 0.2) is 0 Å². The summed E-state index contributed by atoms with van der Waals surface area (Å²) in [6.07, 6.45) is 6.81. The van der Waals surface area contributed by atoms with Crippen LogP contribution in [0, 0.1) is 50.2 Å². The molecule has 194 valence electrons. The fourth-order valence-electron chi connectivity index (χ4n) is 11.1. The quantitative estimate of drug-likeness (QED) is 0.432. The van der Waals surface area contributed by atoms with E-state index in [0.717, 1.165) is 51.4 Å². The number of hydrogen-bond donors (Lipinski definition) is 3. The Morgan fingerprint density at radius 3 is 2.03 bits per heavy atom. The van der Waals surface area contributed by atoms with Crippen LogP contribution in [-0.2, 0) is 4.79 Å². The third-order valence-corrected chi connectivity index (χ3v) is 13.6. The van der Waals surface area contributed by atoms with E-state index in [1.54, 1.807) is 0 Å². The molecule has 0 radical (unpaired) electrons. The number of rotatable bonds is 0. The number of aliphatic hydroxyl groups is 3. The first-order chi connectivity index (χ1) is 15.4. The van der Waals surface area contributed by atoms with Crippen molar-refractivity contribution in [3.05, 3.63) is 0 Å². The van der Waals surface area contributed by atoms with E-state index in [9.17, 15) is 20.1 Å². The van der Waals surface area contributed by atoms with E-state index in [1.807, 2.05) is 0 Å². The minimum atomic E-state index is -1.49. The number of hydrogen-bond acceptors (Lipinski definition) is 4. The van der Waals surface area contributed by atoms with E-state index in [-0.39, 0.29) is 56.7 Å². The second kappa shape index (κ2) is 6.90. The van der Waals surface area contributed by atoms with Crippen LogP contribution in [0.25, 0.3) is 0 Å². The maximum Gasteiger partial charge on any atom is 0.193 e. The lowest BCUT2D eigenvalue weighted by atomic mass is 9.29. The first kappa shape index (κ1) is 25.2. The van der Waals surface area contributed by atoms with Gasteiger partial charge in [0.25, 0.3) is 0 Å². The highest BCUT2D eigenvalue weighted by Crippen LogP contribution is 2.77. The summed E-state index contributed by atoms with van der Waals surface area (Å²) in [5.41, 5.74) is -2.83. The summed E-state index contributed by atoms with van der Waals surface area (Å²) in [5.74, 6) is -0.347. The zero-order valence-corrected chi connectivity index (χ0v) is 23.0. The molecule has 0 unspecified atom stereocenters. The molecule has 0 saturated heterocycles. The fraction of sp³-hybridized carbons (Fsp3) is 0.967. The number of carbonyl (C=O) groups excluding carboxylic acids is 1. The Bertz CT molecular complexity index is 894. The summed E-state index contributed by atoms with van der Waals surface area (Å²) >= 11 is 0. The first-order valence-electron chi connectivity index (χ1n) is 14.0. The molecule has 0 bridgehead atoms. The van der Waals surface area contributed by atoms with Crippen LogP contribution >= 0.6 is 0 Å². The van der Waals surface area contributed by atoms with Gasteiger partial charge in [-0.25, -0.2) is 0 Å². The third kappa shape index (κ3) is 2.69. The highest BCUT2D eigenvalue weighted by atomic mass is 16.3. The Kier molecular flexibility index (Phi) is 5.11. The monoisotopic (exact) mass is 474 g/mol. The molecular formula is C30H50O4. The Hall–Kier alpha value is -0.450. The van der Waals surface area contributed by atoms with E-state index < -0.39 is 17.1 Å². The average Bonchev–Trinajstić information content (AvgIpc) is 2.73. The van der Waals surface area contributed by atoms with Crippen molar-refractivity contribution in [1.29, 1.82) is 0 Å². The maximum atomic E-state index is 14.4. The fourth-order valence-corrected chi connectivity index (χ4v) is 11.1. The Morgan fingerprint density at radius 1 is 0.765 bits per heavy atom. The summed E-state index contributed by atoms with van der Waals surface area (Å²) < 4.78 is 0. The number of carbonyl (C=O) groups is 1. The van der Waals surface area contributed by atoms with Gasteiger partial charge in [-0.15, -0.1) is 0 Å². The molecule has 0 aromatic carbocycles. The van der Waals surface area contributed by atoms with Crippen LogP contribution in [0.1, 0.15) is 113 Å². The highest BCUT2D eigenvalue weighted by molar-refractivity contribution is 5.94. The van der Waals surface area contributed by atoms with Gasteiger partial charge in [0.1, 0.15) is 11.7 Å². The maximum absolute atomic E-state index is 14.4. The molecule has 5 saturated carbocycles. The number of fused-ring (bicyclic) bond motifs is 7. The molecule has 0 amide bonds. The van der Waals surface area contributed by atoms with Crippen LogP contribution < -0.4 is 0 Å². The number of ketones is 1. The Morgan fingerprint density at radius 2 is 1.38 bits per heavy atom. The SMILES string of the molecule is CC1(C)CC[C@]2(C)CC[C@@]3(C)[C@]4(C)CC[C@H]5C(C)(C)[C@@H](O)CC[C@]5(C)[C@H]4[C@H](O)C(=O)[C@]3(O)[C@@H]2C1. The Balaban J connectivity index is 1.66. The van der Waals surface area contributed by atoms with Gasteiger partial charge in [0.15, 0.2) is 5.78 Å². The lowest BCUT2D eigenvalue weighted by molar-refractivity contribution is -0.309. The van der Waals surface area contributed by atoms with Crippen LogP contribution in [0.3, 0.4) is 0 Å². The molecule has 4 heteroatoms. The van der Waals surface area contributed by atoms with Gasteiger partial charge in [-0.2, -0.15) is 0 Å². The highest BCUT2D eigenvalue weighted by Gasteiger charge is 2.79. The third-order valence-electron chi connectivity index (χ3n) is 13.6. The second-order valence-corrected chi connectivity index (χ2v) is 15.9. The standard InChI is InChI=1S/C30H50O4/c1-24(2)13-14-26(5)15-16-29(8)28(7)12-9-18-25(3,4)20(31)10-11-27(18,6)22(28)21(32)23(33)30(29,34)19(26)17-24/h18-22,31-32,34H,9-17H2,1-8H3/t18-,19+,20-,21-,22+,26+,27-,28+,29-,30+/m0/s1. The summed E-state index contributed by atoms with van der Waals surface area (Å²) in [6.45, 7) is 18.0. The van der Waals surface area contributed by atoms with Crippen molar-refractivity contribution in [2.24, 2.45) is 50.2 Å². The summed E-state index contributed by atoms with van der Waals surface area (Å²) in [7, 11) is 0. The van der Waals surface area contributed by atoms with E-state index in [4.69, 9.17) is 0 Å². The normalized spacial score (nSPS) is 58.2. The minimum Gasteiger partial charge on any atom is -0.393 e. The number of aliphatic hydroxyl groups excluding tert-OH is 2. The zero-order chi connectivity index (χ0) is 25.3. The second-order valence-electron chi connectivity index (χ2n) is 15.9. The van der Waals surface area contributed by atoms with Gasteiger partial charge in [-0.05, 0) is 90.8 Å².